The van der Waals surface area contributed by atoms with Gasteiger partial charge < -0.3 is 4.74 Å². The number of fused-ring (bicyclic) bond motifs is 1. The average molecular weight is 261 g/mol. The van der Waals surface area contributed by atoms with Crippen LogP contribution in [0, 0.1) is 0 Å². The van der Waals surface area contributed by atoms with E-state index in [1.54, 1.807) is 17.1 Å². The van der Waals surface area contributed by atoms with Gasteiger partial charge in [0.1, 0.15) is 12.1 Å². The van der Waals surface area contributed by atoms with Crippen molar-refractivity contribution in [2.24, 2.45) is 0 Å². The van der Waals surface area contributed by atoms with Crippen LogP contribution in [0.3, 0.4) is 0 Å². The highest BCUT2D eigenvalue weighted by Crippen LogP contribution is 2.18. The summed E-state index contributed by atoms with van der Waals surface area (Å²) in [4.78, 5) is 16.0. The van der Waals surface area contributed by atoms with Gasteiger partial charge in [0.15, 0.2) is 0 Å². The van der Waals surface area contributed by atoms with Crippen molar-refractivity contribution >= 4 is 16.9 Å². The second-order valence-corrected chi connectivity index (χ2v) is 5.44. The first-order chi connectivity index (χ1) is 8.90. The van der Waals surface area contributed by atoms with Gasteiger partial charge in [-0.15, -0.1) is 0 Å². The minimum atomic E-state index is -0.480. The lowest BCUT2D eigenvalue weighted by atomic mass is 10.2. The third kappa shape index (κ3) is 3.10. The van der Waals surface area contributed by atoms with Crippen LogP contribution in [0.15, 0.2) is 18.5 Å². The van der Waals surface area contributed by atoms with Crippen molar-refractivity contribution in [2.45, 2.75) is 46.3 Å². The van der Waals surface area contributed by atoms with Crippen LogP contribution in [0.1, 0.15) is 33.4 Å². The molecule has 0 amide bonds. The van der Waals surface area contributed by atoms with Crippen LogP contribution in [-0.4, -0.2) is 26.3 Å². The fraction of sp³-hybridized carbons (Fsp3) is 0.500. The summed E-state index contributed by atoms with van der Waals surface area (Å²) in [6, 6.07) is 1.92. The van der Waals surface area contributed by atoms with Gasteiger partial charge in [-0.3, -0.25) is 14.5 Å². The Bertz CT molecular complexity index is 596. The Morgan fingerprint density at radius 1 is 1.42 bits per heavy atom. The highest BCUT2D eigenvalue weighted by atomic mass is 16.6. The third-order valence-corrected chi connectivity index (χ3v) is 2.66. The Morgan fingerprint density at radius 2 is 2.16 bits per heavy atom. The lowest BCUT2D eigenvalue weighted by Crippen LogP contribution is -2.26. The highest BCUT2D eigenvalue weighted by Gasteiger charge is 2.18. The smallest absolute Gasteiger partial charge is 0.328 e. The van der Waals surface area contributed by atoms with Gasteiger partial charge in [0.05, 0.1) is 17.4 Å². The first-order valence-corrected chi connectivity index (χ1v) is 6.42. The number of carbonyl (C=O) groups excluding carboxylic acids is 1. The molecular formula is C14H19N3O2. The van der Waals surface area contributed by atoms with Gasteiger partial charge in [-0.05, 0) is 33.3 Å². The standard InChI is InChI=1S/C14H19N3O2/c1-5-11-10-6-7-15-8-12(10)17(16-11)9-13(18)19-14(2,3)4/h6-8H,5,9H2,1-4H3. The SMILES string of the molecule is CCc1nn(CC(=O)OC(C)(C)C)c2cnccc12. The molecule has 2 aromatic rings. The zero-order valence-corrected chi connectivity index (χ0v) is 11.8. The van der Waals surface area contributed by atoms with E-state index in [0.717, 1.165) is 23.0 Å². The number of rotatable bonds is 3. The van der Waals surface area contributed by atoms with E-state index >= 15 is 0 Å². The van der Waals surface area contributed by atoms with Gasteiger partial charge in [0.2, 0.25) is 0 Å². The summed E-state index contributed by atoms with van der Waals surface area (Å²) in [7, 11) is 0. The van der Waals surface area contributed by atoms with Gasteiger partial charge >= 0.3 is 5.97 Å². The van der Waals surface area contributed by atoms with E-state index in [0.29, 0.717) is 0 Å². The molecule has 5 nitrogen and oxygen atoms in total. The van der Waals surface area contributed by atoms with Gasteiger partial charge in [-0.1, -0.05) is 6.92 Å². The molecule has 0 aliphatic carbocycles. The fourth-order valence-electron chi connectivity index (χ4n) is 1.97. The molecule has 0 radical (unpaired) electrons. The summed E-state index contributed by atoms with van der Waals surface area (Å²) in [5.41, 5.74) is 1.36. The number of esters is 1. The van der Waals surface area contributed by atoms with Crippen LogP contribution < -0.4 is 0 Å². The Kier molecular flexibility index (Phi) is 3.55. The topological polar surface area (TPSA) is 57.0 Å². The molecule has 0 atom stereocenters. The molecular weight excluding hydrogens is 242 g/mol. The van der Waals surface area contributed by atoms with E-state index in [9.17, 15) is 4.79 Å². The second-order valence-electron chi connectivity index (χ2n) is 5.44. The molecule has 0 N–H and O–H groups in total. The fourth-order valence-corrected chi connectivity index (χ4v) is 1.97. The van der Waals surface area contributed by atoms with Gasteiger partial charge in [0, 0.05) is 11.6 Å². The molecule has 19 heavy (non-hydrogen) atoms. The van der Waals surface area contributed by atoms with E-state index < -0.39 is 5.60 Å². The summed E-state index contributed by atoms with van der Waals surface area (Å²) in [5, 5.41) is 5.50. The molecule has 0 saturated heterocycles. The average Bonchev–Trinajstić information content (AvgIpc) is 2.65. The van der Waals surface area contributed by atoms with Crippen LogP contribution in [0.2, 0.25) is 0 Å². The molecule has 2 heterocycles. The van der Waals surface area contributed by atoms with Crippen molar-refractivity contribution in [1.29, 1.82) is 0 Å². The second kappa shape index (κ2) is 4.99. The Labute approximate surface area is 112 Å². The molecule has 0 aliphatic rings. The lowest BCUT2D eigenvalue weighted by molar-refractivity contribution is -0.155. The zero-order valence-electron chi connectivity index (χ0n) is 11.8. The number of aromatic nitrogens is 3. The zero-order chi connectivity index (χ0) is 14.0. The summed E-state index contributed by atoms with van der Waals surface area (Å²) in [6.07, 6.45) is 4.29. The van der Waals surface area contributed by atoms with Gasteiger partial charge in [-0.2, -0.15) is 5.10 Å². The number of hydrogen-bond acceptors (Lipinski definition) is 4. The molecule has 0 aliphatic heterocycles. The summed E-state index contributed by atoms with van der Waals surface area (Å²) >= 11 is 0. The quantitative estimate of drug-likeness (QED) is 0.796. The number of hydrogen-bond donors (Lipinski definition) is 0. The number of nitrogens with zero attached hydrogens (tertiary/aromatic N) is 3. The Balaban J connectivity index is 2.28. The first kappa shape index (κ1) is 13.5. The number of carbonyl (C=O) groups is 1. The predicted molar refractivity (Wildman–Crippen MR) is 72.8 cm³/mol. The Morgan fingerprint density at radius 3 is 2.79 bits per heavy atom. The van der Waals surface area contributed by atoms with Crippen molar-refractivity contribution in [3.63, 3.8) is 0 Å². The van der Waals surface area contributed by atoms with E-state index in [1.807, 2.05) is 33.8 Å². The van der Waals surface area contributed by atoms with Crippen molar-refractivity contribution in [3.8, 4) is 0 Å². The van der Waals surface area contributed by atoms with E-state index in [-0.39, 0.29) is 12.5 Å². The summed E-state index contributed by atoms with van der Waals surface area (Å²) in [5.74, 6) is -0.289. The van der Waals surface area contributed by atoms with Gasteiger partial charge in [0.25, 0.3) is 0 Å². The Hall–Kier alpha value is -1.91. The largest absolute Gasteiger partial charge is 0.459 e. The maximum Gasteiger partial charge on any atom is 0.328 e. The molecule has 0 saturated carbocycles. The van der Waals surface area contributed by atoms with Crippen molar-refractivity contribution < 1.29 is 9.53 Å². The summed E-state index contributed by atoms with van der Waals surface area (Å²) < 4.78 is 6.98. The van der Waals surface area contributed by atoms with Crippen LogP contribution in [-0.2, 0) is 22.5 Å². The van der Waals surface area contributed by atoms with E-state index in [2.05, 4.69) is 10.1 Å². The van der Waals surface area contributed by atoms with Crippen LogP contribution in [0.4, 0.5) is 0 Å². The number of ether oxygens (including phenoxy) is 1. The summed E-state index contributed by atoms with van der Waals surface area (Å²) in [6.45, 7) is 7.71. The lowest BCUT2D eigenvalue weighted by Gasteiger charge is -2.19. The molecule has 0 unspecified atom stereocenters. The van der Waals surface area contributed by atoms with Crippen molar-refractivity contribution in [1.82, 2.24) is 14.8 Å². The van der Waals surface area contributed by atoms with Crippen molar-refractivity contribution in [3.05, 3.63) is 24.2 Å². The van der Waals surface area contributed by atoms with Crippen LogP contribution in [0.5, 0.6) is 0 Å². The van der Waals surface area contributed by atoms with Gasteiger partial charge in [-0.25, -0.2) is 0 Å². The highest BCUT2D eigenvalue weighted by molar-refractivity contribution is 5.82. The van der Waals surface area contributed by atoms with Crippen LogP contribution in [0.25, 0.3) is 10.9 Å². The number of pyridine rings is 1. The third-order valence-electron chi connectivity index (χ3n) is 2.66. The van der Waals surface area contributed by atoms with Crippen molar-refractivity contribution in [2.75, 3.05) is 0 Å². The van der Waals surface area contributed by atoms with Crippen LogP contribution >= 0.6 is 0 Å². The molecule has 0 fully saturated rings. The minimum Gasteiger partial charge on any atom is -0.459 e. The number of aryl methyl sites for hydroxylation is 1. The molecule has 0 spiro atoms. The molecule has 102 valence electrons. The van der Waals surface area contributed by atoms with E-state index in [4.69, 9.17) is 4.74 Å². The molecule has 0 aromatic carbocycles. The predicted octanol–water partition coefficient (Wildman–Crippen LogP) is 2.34. The molecule has 5 heteroatoms. The molecule has 2 aromatic heterocycles. The molecule has 0 bridgehead atoms. The monoisotopic (exact) mass is 261 g/mol. The normalized spacial score (nSPS) is 11.8. The molecule has 2 rings (SSSR count). The minimum absolute atomic E-state index is 0.111. The maximum absolute atomic E-state index is 11.9. The van der Waals surface area contributed by atoms with E-state index in [1.165, 1.54) is 0 Å². The first-order valence-electron chi connectivity index (χ1n) is 6.42. The maximum atomic E-state index is 11.9.